The van der Waals surface area contributed by atoms with Crippen molar-refractivity contribution >= 4 is 12.0 Å². The Labute approximate surface area is 105 Å². The van der Waals surface area contributed by atoms with Crippen LogP contribution in [0.3, 0.4) is 0 Å². The standard InChI is InChI=1S/C12H16N2O4/c1-3-18-12(16)14-13-11(15)8-9-4-6-10(17-2)7-5-9/h4-7H,3,8H2,1-2H3,(H,13,15)(H,14,16). The highest BCUT2D eigenvalue weighted by molar-refractivity contribution is 5.80. The van der Waals surface area contributed by atoms with Crippen LogP contribution in [0.4, 0.5) is 4.79 Å². The van der Waals surface area contributed by atoms with Crippen molar-refractivity contribution < 1.29 is 19.1 Å². The summed E-state index contributed by atoms with van der Waals surface area (Å²) in [6, 6.07) is 7.09. The third-order valence-electron chi connectivity index (χ3n) is 2.10. The Morgan fingerprint density at radius 2 is 1.83 bits per heavy atom. The maximum absolute atomic E-state index is 11.5. The minimum absolute atomic E-state index is 0.163. The van der Waals surface area contributed by atoms with Crippen LogP contribution in [-0.2, 0) is 16.0 Å². The molecule has 1 aromatic carbocycles. The zero-order valence-corrected chi connectivity index (χ0v) is 10.4. The van der Waals surface area contributed by atoms with E-state index >= 15 is 0 Å². The Bertz CT molecular complexity index is 403. The summed E-state index contributed by atoms with van der Waals surface area (Å²) >= 11 is 0. The van der Waals surface area contributed by atoms with Crippen molar-refractivity contribution in [2.24, 2.45) is 0 Å². The third-order valence-corrected chi connectivity index (χ3v) is 2.10. The second kappa shape index (κ2) is 7.16. The molecule has 0 saturated heterocycles. The van der Waals surface area contributed by atoms with E-state index in [9.17, 15) is 9.59 Å². The lowest BCUT2D eigenvalue weighted by Gasteiger charge is -2.07. The summed E-state index contributed by atoms with van der Waals surface area (Å²) in [4.78, 5) is 22.4. The van der Waals surface area contributed by atoms with Crippen LogP contribution in [0.1, 0.15) is 12.5 Å². The quantitative estimate of drug-likeness (QED) is 0.784. The summed E-state index contributed by atoms with van der Waals surface area (Å²) < 4.78 is 9.60. The van der Waals surface area contributed by atoms with Gasteiger partial charge in [-0.2, -0.15) is 0 Å². The van der Waals surface area contributed by atoms with Gasteiger partial charge in [-0.1, -0.05) is 12.1 Å². The fraction of sp³-hybridized carbons (Fsp3) is 0.333. The monoisotopic (exact) mass is 252 g/mol. The maximum atomic E-state index is 11.5. The van der Waals surface area contributed by atoms with Crippen molar-refractivity contribution in [2.45, 2.75) is 13.3 Å². The van der Waals surface area contributed by atoms with Gasteiger partial charge in [-0.15, -0.1) is 0 Å². The van der Waals surface area contributed by atoms with Gasteiger partial charge in [0.15, 0.2) is 0 Å². The lowest BCUT2D eigenvalue weighted by molar-refractivity contribution is -0.121. The molecule has 2 amide bonds. The summed E-state index contributed by atoms with van der Waals surface area (Å²) in [5, 5.41) is 0. The number of methoxy groups -OCH3 is 1. The molecule has 0 saturated carbocycles. The van der Waals surface area contributed by atoms with E-state index in [1.54, 1.807) is 38.3 Å². The molecule has 0 bridgehead atoms. The summed E-state index contributed by atoms with van der Waals surface area (Å²) in [7, 11) is 1.57. The smallest absolute Gasteiger partial charge is 0.426 e. The largest absolute Gasteiger partial charge is 0.497 e. The molecule has 1 rings (SSSR count). The van der Waals surface area contributed by atoms with Gasteiger partial charge in [-0.3, -0.25) is 10.2 Å². The minimum atomic E-state index is -0.680. The fourth-order valence-corrected chi connectivity index (χ4v) is 1.26. The minimum Gasteiger partial charge on any atom is -0.497 e. The molecular formula is C12H16N2O4. The van der Waals surface area contributed by atoms with Gasteiger partial charge in [-0.05, 0) is 24.6 Å². The number of nitrogens with one attached hydrogen (secondary N) is 2. The molecule has 0 aliphatic rings. The molecule has 0 aliphatic heterocycles. The van der Waals surface area contributed by atoms with Crippen LogP contribution in [0.25, 0.3) is 0 Å². The van der Waals surface area contributed by atoms with Crippen LogP contribution >= 0.6 is 0 Å². The molecule has 18 heavy (non-hydrogen) atoms. The van der Waals surface area contributed by atoms with Gasteiger partial charge >= 0.3 is 6.09 Å². The lowest BCUT2D eigenvalue weighted by Crippen LogP contribution is -2.42. The molecule has 0 aliphatic carbocycles. The van der Waals surface area contributed by atoms with Crippen molar-refractivity contribution in [2.75, 3.05) is 13.7 Å². The first-order chi connectivity index (χ1) is 8.65. The van der Waals surface area contributed by atoms with Crippen molar-refractivity contribution in [1.29, 1.82) is 0 Å². The summed E-state index contributed by atoms with van der Waals surface area (Å²) in [5.74, 6) is 0.400. The normalized spacial score (nSPS) is 9.44. The van der Waals surface area contributed by atoms with Gasteiger partial charge in [-0.25, -0.2) is 10.2 Å². The summed E-state index contributed by atoms with van der Waals surface area (Å²) in [6.45, 7) is 1.93. The Kier molecular flexibility index (Phi) is 5.50. The van der Waals surface area contributed by atoms with Gasteiger partial charge in [0.05, 0.1) is 20.1 Å². The Morgan fingerprint density at radius 3 is 2.39 bits per heavy atom. The zero-order chi connectivity index (χ0) is 13.4. The van der Waals surface area contributed by atoms with Gasteiger partial charge in [0.2, 0.25) is 5.91 Å². The molecule has 6 heteroatoms. The average molecular weight is 252 g/mol. The zero-order valence-electron chi connectivity index (χ0n) is 10.4. The van der Waals surface area contributed by atoms with Gasteiger partial charge in [0.25, 0.3) is 0 Å². The second-order valence-electron chi connectivity index (χ2n) is 3.42. The van der Waals surface area contributed by atoms with Crippen LogP contribution in [0, 0.1) is 0 Å². The number of hydrogen-bond donors (Lipinski definition) is 2. The Morgan fingerprint density at radius 1 is 1.17 bits per heavy atom. The van der Waals surface area contributed by atoms with E-state index < -0.39 is 6.09 Å². The van der Waals surface area contributed by atoms with Crippen LogP contribution in [0.15, 0.2) is 24.3 Å². The first kappa shape index (κ1) is 13.8. The number of benzene rings is 1. The number of hydrogen-bond acceptors (Lipinski definition) is 4. The van der Waals surface area contributed by atoms with Crippen LogP contribution in [0.2, 0.25) is 0 Å². The lowest BCUT2D eigenvalue weighted by atomic mass is 10.1. The van der Waals surface area contributed by atoms with E-state index in [0.717, 1.165) is 11.3 Å². The summed E-state index contributed by atoms with van der Waals surface area (Å²) in [6.07, 6.45) is -0.517. The van der Waals surface area contributed by atoms with Crippen molar-refractivity contribution in [3.63, 3.8) is 0 Å². The van der Waals surface area contributed by atoms with Crippen molar-refractivity contribution in [3.05, 3.63) is 29.8 Å². The highest BCUT2D eigenvalue weighted by Crippen LogP contribution is 2.11. The van der Waals surface area contributed by atoms with E-state index in [1.165, 1.54) is 0 Å². The highest BCUT2D eigenvalue weighted by Gasteiger charge is 2.05. The van der Waals surface area contributed by atoms with E-state index in [0.29, 0.717) is 0 Å². The molecule has 0 radical (unpaired) electrons. The number of ether oxygens (including phenoxy) is 2. The molecule has 0 heterocycles. The molecule has 0 fully saturated rings. The first-order valence-corrected chi connectivity index (χ1v) is 5.50. The SMILES string of the molecule is CCOC(=O)NNC(=O)Cc1ccc(OC)cc1. The van der Waals surface area contributed by atoms with Crippen molar-refractivity contribution in [1.82, 2.24) is 10.9 Å². The second-order valence-corrected chi connectivity index (χ2v) is 3.42. The third kappa shape index (κ3) is 4.73. The highest BCUT2D eigenvalue weighted by atomic mass is 16.6. The Balaban J connectivity index is 2.37. The van der Waals surface area contributed by atoms with Crippen LogP contribution in [-0.4, -0.2) is 25.7 Å². The van der Waals surface area contributed by atoms with Gasteiger partial charge in [0, 0.05) is 0 Å². The van der Waals surface area contributed by atoms with E-state index in [1.807, 2.05) is 0 Å². The topological polar surface area (TPSA) is 76.7 Å². The van der Waals surface area contributed by atoms with E-state index in [2.05, 4.69) is 15.6 Å². The predicted octanol–water partition coefficient (Wildman–Crippen LogP) is 1.01. The fourth-order valence-electron chi connectivity index (χ4n) is 1.26. The number of rotatable bonds is 4. The molecule has 2 N–H and O–H groups in total. The molecule has 0 spiro atoms. The molecule has 98 valence electrons. The average Bonchev–Trinajstić information content (AvgIpc) is 2.38. The number of hydrazine groups is 1. The van der Waals surface area contributed by atoms with E-state index in [-0.39, 0.29) is 18.9 Å². The molecule has 0 atom stereocenters. The van der Waals surface area contributed by atoms with Crippen LogP contribution < -0.4 is 15.6 Å². The number of carbonyl (C=O) groups excluding carboxylic acids is 2. The molecule has 1 aromatic rings. The maximum Gasteiger partial charge on any atom is 0.426 e. The van der Waals surface area contributed by atoms with Crippen LogP contribution in [0.5, 0.6) is 5.75 Å². The Hall–Kier alpha value is -2.24. The first-order valence-electron chi connectivity index (χ1n) is 5.50. The predicted molar refractivity (Wildman–Crippen MR) is 65.0 cm³/mol. The van der Waals surface area contributed by atoms with Gasteiger partial charge in [0.1, 0.15) is 5.75 Å². The van der Waals surface area contributed by atoms with E-state index in [4.69, 9.17) is 4.74 Å². The number of carbonyl (C=O) groups is 2. The molecular weight excluding hydrogens is 236 g/mol. The van der Waals surface area contributed by atoms with Crippen molar-refractivity contribution in [3.8, 4) is 5.75 Å². The number of amides is 2. The summed E-state index contributed by atoms with van der Waals surface area (Å²) in [5.41, 5.74) is 5.21. The van der Waals surface area contributed by atoms with Gasteiger partial charge < -0.3 is 9.47 Å². The molecule has 6 nitrogen and oxygen atoms in total. The molecule has 0 aromatic heterocycles. The molecule has 0 unspecified atom stereocenters.